The van der Waals surface area contributed by atoms with Crippen molar-refractivity contribution in [2.24, 2.45) is 0 Å². The first-order chi connectivity index (χ1) is 15.0. The lowest BCUT2D eigenvalue weighted by Gasteiger charge is -2.21. The number of nitrogens with two attached hydrogens (primary N) is 1. The number of aryl methyl sites for hydroxylation is 1. The number of aromatic nitrogens is 1. The van der Waals surface area contributed by atoms with Crippen LogP contribution < -0.4 is 21.1 Å². The fourth-order valence-electron chi connectivity index (χ4n) is 3.76. The second kappa shape index (κ2) is 9.49. The number of nitrogen functional groups attached to an aromatic ring is 1. The molecule has 6 nitrogen and oxygen atoms in total. The van der Waals surface area contributed by atoms with Gasteiger partial charge in [-0.25, -0.2) is 4.98 Å². The van der Waals surface area contributed by atoms with Crippen LogP contribution in [0.25, 0.3) is 0 Å². The number of carbonyl (C=O) groups excluding carboxylic acids is 1. The van der Waals surface area contributed by atoms with Crippen molar-refractivity contribution in [1.82, 2.24) is 10.3 Å². The molecule has 0 amide bonds. The fraction of sp³-hybridized carbons (Fsp3) is 0.333. The topological polar surface area (TPSA) is 89.3 Å². The summed E-state index contributed by atoms with van der Waals surface area (Å²) >= 11 is 1.27. The van der Waals surface area contributed by atoms with E-state index in [2.05, 4.69) is 29.5 Å². The number of nitrogens with one attached hydrogen (secondary N) is 2. The lowest BCUT2D eigenvalue weighted by molar-refractivity contribution is 0.104. The van der Waals surface area contributed by atoms with Crippen molar-refractivity contribution in [1.29, 1.82) is 0 Å². The minimum atomic E-state index is -0.100. The summed E-state index contributed by atoms with van der Waals surface area (Å²) in [5, 5.41) is 7.30. The van der Waals surface area contributed by atoms with Gasteiger partial charge in [0.2, 0.25) is 5.78 Å². The zero-order chi connectivity index (χ0) is 21.8. The molecule has 3 aromatic rings. The van der Waals surface area contributed by atoms with Crippen LogP contribution in [0.5, 0.6) is 5.75 Å². The Balaban J connectivity index is 1.42. The van der Waals surface area contributed by atoms with Crippen LogP contribution in [0.2, 0.25) is 0 Å². The third-order valence-electron chi connectivity index (χ3n) is 5.55. The van der Waals surface area contributed by atoms with E-state index >= 15 is 0 Å². The summed E-state index contributed by atoms with van der Waals surface area (Å²) in [6, 6.07) is 15.8. The number of ether oxygens (including phenoxy) is 1. The van der Waals surface area contributed by atoms with E-state index in [1.54, 1.807) is 0 Å². The Hall–Kier alpha value is -2.90. The SMILES string of the molecule is CCc1cccc(C(=O)c2sc(Nc3ccc(OC(C)C4CCCN4)cc3)nc2N)c1. The van der Waals surface area contributed by atoms with Crippen LogP contribution in [0.4, 0.5) is 16.6 Å². The van der Waals surface area contributed by atoms with Crippen LogP contribution in [-0.4, -0.2) is 29.5 Å². The standard InChI is InChI=1S/C24H28N4O2S/c1-3-16-6-4-7-17(14-16)21(29)22-23(25)28-24(31-22)27-18-9-11-19(12-10-18)30-15(2)20-8-5-13-26-20/h4,6-7,9-12,14-15,20,26H,3,5,8,13,25H2,1-2H3,(H,27,28). The van der Waals surface area contributed by atoms with Gasteiger partial charge in [0, 0.05) is 17.3 Å². The molecule has 1 aliphatic rings. The Morgan fingerprint density at radius 3 is 2.84 bits per heavy atom. The molecule has 1 fully saturated rings. The fourth-order valence-corrected chi connectivity index (χ4v) is 4.63. The molecule has 162 valence electrons. The van der Waals surface area contributed by atoms with E-state index < -0.39 is 0 Å². The van der Waals surface area contributed by atoms with E-state index in [0.29, 0.717) is 21.6 Å². The van der Waals surface area contributed by atoms with Crippen LogP contribution in [-0.2, 0) is 6.42 Å². The normalized spacial score (nSPS) is 16.8. The number of carbonyl (C=O) groups is 1. The van der Waals surface area contributed by atoms with E-state index in [-0.39, 0.29) is 17.7 Å². The van der Waals surface area contributed by atoms with Gasteiger partial charge in [-0.2, -0.15) is 0 Å². The summed E-state index contributed by atoms with van der Waals surface area (Å²) in [6.45, 7) is 5.23. The molecular weight excluding hydrogens is 408 g/mol. The summed E-state index contributed by atoms with van der Waals surface area (Å²) in [5.74, 6) is 0.978. The molecule has 0 radical (unpaired) electrons. The van der Waals surface area contributed by atoms with Crippen LogP contribution in [0.1, 0.15) is 47.5 Å². The van der Waals surface area contributed by atoms with E-state index in [0.717, 1.165) is 36.4 Å². The first kappa shape index (κ1) is 21.3. The predicted molar refractivity (Wildman–Crippen MR) is 127 cm³/mol. The Bertz CT molecular complexity index is 1040. The first-order valence-electron chi connectivity index (χ1n) is 10.7. The van der Waals surface area contributed by atoms with Gasteiger partial charge in [0.05, 0.1) is 0 Å². The summed E-state index contributed by atoms with van der Waals surface area (Å²) < 4.78 is 6.06. The van der Waals surface area contributed by atoms with Gasteiger partial charge in [-0.15, -0.1) is 0 Å². The van der Waals surface area contributed by atoms with Crippen molar-refractivity contribution >= 4 is 33.8 Å². The number of hydrogen-bond donors (Lipinski definition) is 3. The number of benzene rings is 2. The number of rotatable bonds is 8. The summed E-state index contributed by atoms with van der Waals surface area (Å²) in [5.41, 5.74) is 8.67. The highest BCUT2D eigenvalue weighted by molar-refractivity contribution is 7.18. The van der Waals surface area contributed by atoms with Crippen LogP contribution in [0, 0.1) is 0 Å². The Morgan fingerprint density at radius 1 is 1.32 bits per heavy atom. The van der Waals surface area contributed by atoms with Crippen molar-refractivity contribution in [2.75, 3.05) is 17.6 Å². The molecule has 0 saturated carbocycles. The average Bonchev–Trinajstić information content (AvgIpc) is 3.45. The lowest BCUT2D eigenvalue weighted by Crippen LogP contribution is -2.36. The molecule has 4 N–H and O–H groups in total. The van der Waals surface area contributed by atoms with Crippen molar-refractivity contribution in [3.8, 4) is 5.75 Å². The van der Waals surface area contributed by atoms with Crippen molar-refractivity contribution in [3.63, 3.8) is 0 Å². The number of thiazole rings is 1. The smallest absolute Gasteiger partial charge is 0.206 e. The van der Waals surface area contributed by atoms with Crippen molar-refractivity contribution < 1.29 is 9.53 Å². The van der Waals surface area contributed by atoms with Gasteiger partial charge in [-0.3, -0.25) is 4.79 Å². The highest BCUT2D eigenvalue weighted by Crippen LogP contribution is 2.30. The van der Waals surface area contributed by atoms with Crippen molar-refractivity contribution in [2.45, 2.75) is 45.3 Å². The molecule has 1 saturated heterocycles. The summed E-state index contributed by atoms with van der Waals surface area (Å²) in [7, 11) is 0. The quantitative estimate of drug-likeness (QED) is 0.440. The molecule has 1 aliphatic heterocycles. The highest BCUT2D eigenvalue weighted by atomic mass is 32.1. The molecule has 0 spiro atoms. The number of anilines is 3. The molecule has 2 heterocycles. The maximum Gasteiger partial charge on any atom is 0.206 e. The van der Waals surface area contributed by atoms with Gasteiger partial charge >= 0.3 is 0 Å². The zero-order valence-corrected chi connectivity index (χ0v) is 18.7. The zero-order valence-electron chi connectivity index (χ0n) is 17.9. The van der Waals surface area contributed by atoms with Gasteiger partial charge in [0.25, 0.3) is 0 Å². The number of hydrogen-bond acceptors (Lipinski definition) is 7. The molecular formula is C24H28N4O2S. The van der Waals surface area contributed by atoms with Gasteiger partial charge in [-0.05, 0) is 68.6 Å². The van der Waals surface area contributed by atoms with Gasteiger partial charge in [-0.1, -0.05) is 36.5 Å². The molecule has 0 aliphatic carbocycles. The second-order valence-electron chi connectivity index (χ2n) is 7.79. The molecule has 2 atom stereocenters. The second-order valence-corrected chi connectivity index (χ2v) is 8.79. The predicted octanol–water partition coefficient (Wildman–Crippen LogP) is 4.78. The number of nitrogens with zero attached hydrogens (tertiary/aromatic N) is 1. The molecule has 31 heavy (non-hydrogen) atoms. The van der Waals surface area contributed by atoms with Gasteiger partial charge < -0.3 is 21.1 Å². The molecule has 4 rings (SSSR count). The number of ketones is 1. The van der Waals surface area contributed by atoms with E-state index in [4.69, 9.17) is 10.5 Å². The molecule has 1 aromatic heterocycles. The van der Waals surface area contributed by atoms with E-state index in [1.165, 1.54) is 17.8 Å². The van der Waals surface area contributed by atoms with E-state index in [1.807, 2.05) is 48.5 Å². The van der Waals surface area contributed by atoms with Crippen LogP contribution >= 0.6 is 11.3 Å². The maximum absolute atomic E-state index is 12.9. The summed E-state index contributed by atoms with van der Waals surface area (Å²) in [4.78, 5) is 17.7. The largest absolute Gasteiger partial charge is 0.489 e. The minimum absolute atomic E-state index is 0.100. The third-order valence-corrected chi connectivity index (χ3v) is 6.54. The maximum atomic E-state index is 12.9. The molecule has 7 heteroatoms. The Labute approximate surface area is 186 Å². The van der Waals surface area contributed by atoms with Gasteiger partial charge in [0.15, 0.2) is 5.13 Å². The monoisotopic (exact) mass is 436 g/mol. The third kappa shape index (κ3) is 5.06. The lowest BCUT2D eigenvalue weighted by atomic mass is 10.1. The Morgan fingerprint density at radius 2 is 2.13 bits per heavy atom. The Kier molecular flexibility index (Phi) is 6.53. The molecule has 0 bridgehead atoms. The van der Waals surface area contributed by atoms with Crippen LogP contribution in [0.3, 0.4) is 0 Å². The van der Waals surface area contributed by atoms with E-state index in [9.17, 15) is 4.79 Å². The van der Waals surface area contributed by atoms with Crippen LogP contribution in [0.15, 0.2) is 48.5 Å². The van der Waals surface area contributed by atoms with Gasteiger partial charge in [0.1, 0.15) is 22.5 Å². The average molecular weight is 437 g/mol. The molecule has 2 aromatic carbocycles. The highest BCUT2D eigenvalue weighted by Gasteiger charge is 2.22. The summed E-state index contributed by atoms with van der Waals surface area (Å²) in [6.07, 6.45) is 3.35. The van der Waals surface area contributed by atoms with Crippen molar-refractivity contribution in [3.05, 3.63) is 64.5 Å². The molecule has 2 unspecified atom stereocenters. The minimum Gasteiger partial charge on any atom is -0.489 e. The first-order valence-corrected chi connectivity index (χ1v) is 11.5.